The van der Waals surface area contributed by atoms with Crippen LogP contribution in [0.25, 0.3) is 0 Å². The van der Waals surface area contributed by atoms with E-state index in [-0.39, 0.29) is 5.56 Å². The quantitative estimate of drug-likeness (QED) is 0.413. The van der Waals surface area contributed by atoms with Gasteiger partial charge in [-0.25, -0.2) is 0 Å². The van der Waals surface area contributed by atoms with E-state index in [0.717, 1.165) is 13.0 Å². The van der Waals surface area contributed by atoms with E-state index in [1.54, 1.807) is 0 Å². The molecule has 12 heteroatoms. The number of nitro groups is 2. The SMILES string of the molecule is Cc1c(C(=O)N[C@H](CCC(=O)[O-])C(=O)[O-])cc([N+](=O)[O-])cc1[N+](=O)[O-]. The van der Waals surface area contributed by atoms with Crippen molar-refractivity contribution in [2.75, 3.05) is 0 Å². The van der Waals surface area contributed by atoms with E-state index in [2.05, 4.69) is 0 Å². The zero-order valence-corrected chi connectivity index (χ0v) is 12.7. The molecule has 0 aliphatic carbocycles. The van der Waals surface area contributed by atoms with Crippen LogP contribution in [0, 0.1) is 27.2 Å². The predicted octanol–water partition coefficient (Wildman–Crippen LogP) is -1.81. The molecular weight excluding hydrogens is 342 g/mol. The van der Waals surface area contributed by atoms with Gasteiger partial charge in [0, 0.05) is 17.6 Å². The number of non-ortho nitro benzene ring substituents is 1. The summed E-state index contributed by atoms with van der Waals surface area (Å²) in [7, 11) is 0. The highest BCUT2D eigenvalue weighted by Crippen LogP contribution is 2.28. The minimum atomic E-state index is -1.79. The molecule has 0 saturated carbocycles. The maximum Gasteiger partial charge on any atom is 0.279 e. The number of carboxylic acid groups (broad SMARTS) is 2. The molecule has 1 atom stereocenters. The van der Waals surface area contributed by atoms with Crippen LogP contribution in [-0.4, -0.2) is 33.7 Å². The largest absolute Gasteiger partial charge is 0.550 e. The van der Waals surface area contributed by atoms with Crippen LogP contribution in [0.2, 0.25) is 0 Å². The molecule has 0 aromatic heterocycles. The molecule has 25 heavy (non-hydrogen) atoms. The first-order valence-electron chi connectivity index (χ1n) is 6.69. The fourth-order valence-corrected chi connectivity index (χ4v) is 1.96. The molecule has 1 aromatic carbocycles. The Morgan fingerprint density at radius 3 is 2.16 bits per heavy atom. The van der Waals surface area contributed by atoms with Crippen LogP contribution >= 0.6 is 0 Å². The summed E-state index contributed by atoms with van der Waals surface area (Å²) in [6.07, 6.45) is -1.24. The minimum Gasteiger partial charge on any atom is -0.550 e. The van der Waals surface area contributed by atoms with Gasteiger partial charge in [0.15, 0.2) is 0 Å². The molecule has 0 aliphatic heterocycles. The van der Waals surface area contributed by atoms with Gasteiger partial charge in [0.25, 0.3) is 17.3 Å². The summed E-state index contributed by atoms with van der Waals surface area (Å²) in [5.74, 6) is -4.49. The van der Waals surface area contributed by atoms with Gasteiger partial charge in [-0.05, 0) is 19.8 Å². The molecule has 0 radical (unpaired) electrons. The van der Waals surface area contributed by atoms with E-state index in [9.17, 15) is 44.8 Å². The van der Waals surface area contributed by atoms with Crippen molar-refractivity contribution >= 4 is 29.2 Å². The van der Waals surface area contributed by atoms with Crippen molar-refractivity contribution in [1.29, 1.82) is 0 Å². The lowest BCUT2D eigenvalue weighted by Crippen LogP contribution is -2.48. The number of rotatable bonds is 8. The van der Waals surface area contributed by atoms with Gasteiger partial charge < -0.3 is 25.1 Å². The molecule has 0 unspecified atom stereocenters. The zero-order valence-electron chi connectivity index (χ0n) is 12.7. The van der Waals surface area contributed by atoms with Gasteiger partial charge in [0.1, 0.15) is 0 Å². The Bertz CT molecular complexity index is 759. The van der Waals surface area contributed by atoms with Gasteiger partial charge in [-0.1, -0.05) is 0 Å². The van der Waals surface area contributed by atoms with E-state index < -0.39 is 63.5 Å². The smallest absolute Gasteiger partial charge is 0.279 e. The van der Waals surface area contributed by atoms with E-state index in [4.69, 9.17) is 0 Å². The fraction of sp³-hybridized carbons (Fsp3) is 0.308. The minimum absolute atomic E-state index is 0.218. The Morgan fingerprint density at radius 1 is 1.12 bits per heavy atom. The van der Waals surface area contributed by atoms with Crippen molar-refractivity contribution in [3.05, 3.63) is 43.5 Å². The average molecular weight is 353 g/mol. The molecular formula is C13H11N3O9-2. The molecule has 0 fully saturated rings. The van der Waals surface area contributed by atoms with E-state index in [1.165, 1.54) is 0 Å². The Labute approximate surface area is 139 Å². The first-order chi connectivity index (χ1) is 11.5. The number of nitrogens with zero attached hydrogens (tertiary/aromatic N) is 2. The monoisotopic (exact) mass is 353 g/mol. The Balaban J connectivity index is 3.22. The molecule has 0 bridgehead atoms. The van der Waals surface area contributed by atoms with E-state index in [0.29, 0.717) is 6.07 Å². The number of nitrogens with one attached hydrogen (secondary N) is 1. The van der Waals surface area contributed by atoms with Crippen molar-refractivity contribution in [3.63, 3.8) is 0 Å². The van der Waals surface area contributed by atoms with Gasteiger partial charge in [-0.2, -0.15) is 0 Å². The summed E-state index contributed by atoms with van der Waals surface area (Å²) in [5, 5.41) is 45.1. The van der Waals surface area contributed by atoms with Gasteiger partial charge >= 0.3 is 0 Å². The van der Waals surface area contributed by atoms with Crippen LogP contribution in [0.4, 0.5) is 11.4 Å². The van der Waals surface area contributed by atoms with Gasteiger partial charge in [-0.3, -0.25) is 25.0 Å². The summed E-state index contributed by atoms with van der Waals surface area (Å²) in [6.45, 7) is 1.16. The van der Waals surface area contributed by atoms with E-state index >= 15 is 0 Å². The summed E-state index contributed by atoms with van der Waals surface area (Å²) < 4.78 is 0. The zero-order chi connectivity index (χ0) is 19.3. The van der Waals surface area contributed by atoms with Crippen molar-refractivity contribution in [1.82, 2.24) is 5.32 Å². The second-order valence-electron chi connectivity index (χ2n) is 4.91. The molecule has 0 aliphatic rings. The molecule has 0 heterocycles. The summed E-state index contributed by atoms with van der Waals surface area (Å²) >= 11 is 0. The lowest BCUT2D eigenvalue weighted by Gasteiger charge is -2.20. The predicted molar refractivity (Wildman–Crippen MR) is 75.0 cm³/mol. The standard InChI is InChI=1S/C13H13N3O9/c1-6-8(4-7(15(22)23)5-10(6)16(24)25)12(19)14-9(13(20)21)2-3-11(17)18/h4-5,9H,2-3H2,1H3,(H,14,19)(H,17,18)(H,20,21)/p-2/t9-/m1/s1. The Kier molecular flexibility index (Phi) is 6.08. The first kappa shape index (κ1) is 19.5. The number of benzene rings is 1. The molecule has 1 N–H and O–H groups in total. The number of carbonyl (C=O) groups excluding carboxylic acids is 3. The highest BCUT2D eigenvalue weighted by atomic mass is 16.6. The highest BCUT2D eigenvalue weighted by Gasteiger charge is 2.26. The third kappa shape index (κ3) is 4.95. The lowest BCUT2D eigenvalue weighted by atomic mass is 10.0. The van der Waals surface area contributed by atoms with Gasteiger partial charge in [0.2, 0.25) is 0 Å². The first-order valence-corrected chi connectivity index (χ1v) is 6.69. The second-order valence-corrected chi connectivity index (χ2v) is 4.91. The average Bonchev–Trinajstić information content (AvgIpc) is 2.50. The highest BCUT2D eigenvalue weighted by molar-refractivity contribution is 5.99. The van der Waals surface area contributed by atoms with Crippen molar-refractivity contribution in [2.45, 2.75) is 25.8 Å². The maximum atomic E-state index is 12.2. The normalized spacial score (nSPS) is 11.4. The Hall–Kier alpha value is -3.57. The summed E-state index contributed by atoms with van der Waals surface area (Å²) in [6, 6.07) is -0.301. The van der Waals surface area contributed by atoms with Crippen molar-refractivity contribution in [3.8, 4) is 0 Å². The van der Waals surface area contributed by atoms with Gasteiger partial charge in [-0.15, -0.1) is 0 Å². The number of aliphatic carboxylic acids is 2. The molecule has 1 amide bonds. The Morgan fingerprint density at radius 2 is 1.72 bits per heavy atom. The van der Waals surface area contributed by atoms with Crippen LogP contribution in [0.5, 0.6) is 0 Å². The van der Waals surface area contributed by atoms with Crippen LogP contribution in [0.15, 0.2) is 12.1 Å². The number of carbonyl (C=O) groups is 3. The molecule has 0 saturated heterocycles. The molecule has 0 spiro atoms. The van der Waals surface area contributed by atoms with E-state index in [1.807, 2.05) is 5.32 Å². The van der Waals surface area contributed by atoms with Crippen LogP contribution in [-0.2, 0) is 9.59 Å². The molecule has 12 nitrogen and oxygen atoms in total. The van der Waals surface area contributed by atoms with Crippen LogP contribution < -0.4 is 15.5 Å². The number of hydrogen-bond donors (Lipinski definition) is 1. The van der Waals surface area contributed by atoms with Crippen LogP contribution in [0.1, 0.15) is 28.8 Å². The van der Waals surface area contributed by atoms with Crippen molar-refractivity contribution in [2.24, 2.45) is 0 Å². The van der Waals surface area contributed by atoms with Crippen molar-refractivity contribution < 1.29 is 34.4 Å². The summed E-state index contributed by atoms with van der Waals surface area (Å²) in [5.41, 5.74) is -2.13. The topological polar surface area (TPSA) is 196 Å². The molecule has 1 aromatic rings. The lowest BCUT2D eigenvalue weighted by molar-refractivity contribution is -0.394. The van der Waals surface area contributed by atoms with Gasteiger partial charge in [0.05, 0.1) is 33.5 Å². The number of amides is 1. The summed E-state index contributed by atoms with van der Waals surface area (Å²) in [4.78, 5) is 53.4. The second kappa shape index (κ2) is 7.81. The molecule has 134 valence electrons. The number of hydrogen-bond acceptors (Lipinski definition) is 9. The third-order valence-corrected chi connectivity index (χ3v) is 3.24. The third-order valence-electron chi connectivity index (χ3n) is 3.24. The van der Waals surface area contributed by atoms with Crippen LogP contribution in [0.3, 0.4) is 0 Å². The maximum absolute atomic E-state index is 12.2. The number of nitro benzene ring substituents is 2. The number of carboxylic acids is 2. The fourth-order valence-electron chi connectivity index (χ4n) is 1.96. The molecule has 1 rings (SSSR count).